The predicted octanol–water partition coefficient (Wildman–Crippen LogP) is 2.91. The number of methoxy groups -OCH3 is 1. The Bertz CT molecular complexity index is 831. The van der Waals surface area contributed by atoms with Crippen LogP contribution >= 0.6 is 0 Å². The van der Waals surface area contributed by atoms with Crippen LogP contribution < -0.4 is 10.2 Å². The highest BCUT2D eigenvalue weighted by Gasteiger charge is 2.14. The first-order valence-electron chi connectivity index (χ1n) is 7.61. The van der Waals surface area contributed by atoms with Crippen molar-refractivity contribution in [1.29, 1.82) is 0 Å². The molecule has 0 saturated heterocycles. The lowest BCUT2D eigenvalue weighted by Gasteiger charge is -2.06. The summed E-state index contributed by atoms with van der Waals surface area (Å²) < 4.78 is 4.94. The van der Waals surface area contributed by atoms with Gasteiger partial charge in [0.05, 0.1) is 24.7 Å². The molecule has 0 aromatic heterocycles. The van der Waals surface area contributed by atoms with E-state index in [0.717, 1.165) is 16.7 Å². The Morgan fingerprint density at radius 3 is 2.72 bits per heavy atom. The molecule has 0 atom stereocenters. The third kappa shape index (κ3) is 4.87. The van der Waals surface area contributed by atoms with E-state index >= 15 is 0 Å². The number of hydrazone groups is 1. The highest BCUT2D eigenvalue weighted by Crippen LogP contribution is 2.26. The highest BCUT2D eigenvalue weighted by atomic mass is 16.6. The van der Waals surface area contributed by atoms with Gasteiger partial charge in [0.15, 0.2) is 5.75 Å². The van der Waals surface area contributed by atoms with Gasteiger partial charge < -0.3 is 4.74 Å². The molecule has 0 fully saturated rings. The molecule has 2 rings (SSSR count). The molecular formula is C18H19N3O4. The van der Waals surface area contributed by atoms with E-state index in [0.29, 0.717) is 5.56 Å². The number of carbonyl (C=O) groups is 1. The van der Waals surface area contributed by atoms with Crippen molar-refractivity contribution in [2.45, 2.75) is 20.3 Å². The molecule has 0 unspecified atom stereocenters. The largest absolute Gasteiger partial charge is 0.490 e. The number of benzene rings is 2. The molecule has 0 aliphatic rings. The molecular weight excluding hydrogens is 322 g/mol. The van der Waals surface area contributed by atoms with Gasteiger partial charge in [-0.25, -0.2) is 5.43 Å². The molecule has 7 nitrogen and oxygen atoms in total. The van der Waals surface area contributed by atoms with Crippen molar-refractivity contribution in [1.82, 2.24) is 5.43 Å². The maximum atomic E-state index is 12.0. The van der Waals surface area contributed by atoms with Crippen LogP contribution in [0.5, 0.6) is 5.75 Å². The van der Waals surface area contributed by atoms with E-state index in [-0.39, 0.29) is 23.8 Å². The number of hydrogen-bond acceptors (Lipinski definition) is 5. The molecule has 0 heterocycles. The normalized spacial score (nSPS) is 10.7. The van der Waals surface area contributed by atoms with Gasteiger partial charge in [0.1, 0.15) is 0 Å². The summed E-state index contributed by atoms with van der Waals surface area (Å²) >= 11 is 0. The van der Waals surface area contributed by atoms with Crippen LogP contribution in [0.25, 0.3) is 0 Å². The zero-order valence-electron chi connectivity index (χ0n) is 14.3. The van der Waals surface area contributed by atoms with E-state index in [1.807, 2.05) is 32.0 Å². The number of aryl methyl sites for hydroxylation is 2. The molecule has 0 aliphatic carbocycles. The molecule has 0 bridgehead atoms. The van der Waals surface area contributed by atoms with Crippen molar-refractivity contribution in [3.63, 3.8) is 0 Å². The van der Waals surface area contributed by atoms with Gasteiger partial charge in [0.25, 0.3) is 0 Å². The minimum Gasteiger partial charge on any atom is -0.490 e. The average Bonchev–Trinajstić information content (AvgIpc) is 2.58. The van der Waals surface area contributed by atoms with E-state index in [4.69, 9.17) is 4.74 Å². The third-order valence-electron chi connectivity index (χ3n) is 3.66. The number of rotatable bonds is 6. The van der Waals surface area contributed by atoms with Crippen LogP contribution in [0.4, 0.5) is 5.69 Å². The van der Waals surface area contributed by atoms with Gasteiger partial charge in [-0.15, -0.1) is 0 Å². The molecule has 7 heteroatoms. The Morgan fingerprint density at radius 1 is 1.28 bits per heavy atom. The topological polar surface area (TPSA) is 93.8 Å². The van der Waals surface area contributed by atoms with E-state index in [9.17, 15) is 14.9 Å². The lowest BCUT2D eigenvalue weighted by atomic mass is 10.0. The van der Waals surface area contributed by atoms with Crippen molar-refractivity contribution >= 4 is 17.8 Å². The summed E-state index contributed by atoms with van der Waals surface area (Å²) in [7, 11) is 1.36. The van der Waals surface area contributed by atoms with Crippen LogP contribution in [0.3, 0.4) is 0 Å². The first-order chi connectivity index (χ1) is 11.9. The van der Waals surface area contributed by atoms with Gasteiger partial charge in [-0.3, -0.25) is 14.9 Å². The Kier molecular flexibility index (Phi) is 5.84. The summed E-state index contributed by atoms with van der Waals surface area (Å²) in [6, 6.07) is 10.4. The Morgan fingerprint density at radius 2 is 2.04 bits per heavy atom. The van der Waals surface area contributed by atoms with Crippen LogP contribution in [0.2, 0.25) is 0 Å². The van der Waals surface area contributed by atoms with E-state index < -0.39 is 4.92 Å². The molecule has 0 radical (unpaired) electrons. The average molecular weight is 341 g/mol. The molecule has 0 spiro atoms. The molecule has 2 aromatic carbocycles. The summed E-state index contributed by atoms with van der Waals surface area (Å²) in [6.45, 7) is 3.91. The minimum absolute atomic E-state index is 0.159. The molecule has 0 saturated carbocycles. The standard InChI is InChI=1S/C18H19N3O4/c1-12-4-5-13(2)15(8-12)10-18(22)20-19-11-14-6-7-17(25-3)16(9-14)21(23)24/h4-9,11H,10H2,1-3H3,(H,20,22)/b19-11+. The van der Waals surface area contributed by atoms with Gasteiger partial charge in [-0.05, 0) is 37.1 Å². The van der Waals surface area contributed by atoms with Gasteiger partial charge in [0, 0.05) is 11.6 Å². The fraction of sp³-hybridized carbons (Fsp3) is 0.222. The summed E-state index contributed by atoms with van der Waals surface area (Å²) in [5.74, 6) is -0.0888. The maximum Gasteiger partial charge on any atom is 0.311 e. The maximum absolute atomic E-state index is 12.0. The fourth-order valence-corrected chi connectivity index (χ4v) is 2.31. The van der Waals surface area contributed by atoms with Crippen LogP contribution in [0.15, 0.2) is 41.5 Å². The smallest absolute Gasteiger partial charge is 0.311 e. The van der Waals surface area contributed by atoms with Crippen LogP contribution in [0, 0.1) is 24.0 Å². The number of nitro groups is 1. The monoisotopic (exact) mass is 341 g/mol. The summed E-state index contributed by atoms with van der Waals surface area (Å²) in [5.41, 5.74) is 5.82. The van der Waals surface area contributed by atoms with Crippen molar-refractivity contribution in [2.75, 3.05) is 7.11 Å². The Balaban J connectivity index is 2.03. The van der Waals surface area contributed by atoms with Crippen LogP contribution in [-0.4, -0.2) is 24.2 Å². The predicted molar refractivity (Wildman–Crippen MR) is 95.0 cm³/mol. The number of nitrogens with zero attached hydrogens (tertiary/aromatic N) is 2. The number of ether oxygens (including phenoxy) is 1. The first-order valence-corrected chi connectivity index (χ1v) is 7.61. The second-order valence-electron chi connectivity index (χ2n) is 5.59. The van der Waals surface area contributed by atoms with Gasteiger partial charge in [0.2, 0.25) is 5.91 Å². The van der Waals surface area contributed by atoms with E-state index in [1.165, 1.54) is 25.5 Å². The number of nitrogens with one attached hydrogen (secondary N) is 1. The Hall–Kier alpha value is -3.22. The quantitative estimate of drug-likeness (QED) is 0.496. The van der Waals surface area contributed by atoms with Gasteiger partial charge in [-0.2, -0.15) is 5.10 Å². The molecule has 0 aliphatic heterocycles. The summed E-state index contributed by atoms with van der Waals surface area (Å²) in [4.78, 5) is 22.4. The van der Waals surface area contributed by atoms with Crippen LogP contribution in [0.1, 0.15) is 22.3 Å². The molecule has 1 N–H and O–H groups in total. The lowest BCUT2D eigenvalue weighted by molar-refractivity contribution is -0.385. The second kappa shape index (κ2) is 8.05. The lowest BCUT2D eigenvalue weighted by Crippen LogP contribution is -2.20. The minimum atomic E-state index is -0.532. The third-order valence-corrected chi connectivity index (χ3v) is 3.66. The zero-order chi connectivity index (χ0) is 18.4. The molecule has 2 aromatic rings. The number of hydrogen-bond donors (Lipinski definition) is 1. The van der Waals surface area contributed by atoms with E-state index in [2.05, 4.69) is 10.5 Å². The zero-order valence-corrected chi connectivity index (χ0v) is 14.3. The fourth-order valence-electron chi connectivity index (χ4n) is 2.31. The number of carbonyl (C=O) groups excluding carboxylic acids is 1. The van der Waals surface area contributed by atoms with Crippen molar-refractivity contribution < 1.29 is 14.5 Å². The SMILES string of the molecule is COc1ccc(/C=N/NC(=O)Cc2cc(C)ccc2C)cc1[N+](=O)[O-]. The molecule has 25 heavy (non-hydrogen) atoms. The number of nitro benzene ring substituents is 1. The summed E-state index contributed by atoms with van der Waals surface area (Å²) in [5, 5.41) is 14.8. The molecule has 130 valence electrons. The van der Waals surface area contributed by atoms with Crippen LogP contribution in [-0.2, 0) is 11.2 Å². The second-order valence-corrected chi connectivity index (χ2v) is 5.59. The Labute approximate surface area is 145 Å². The number of amides is 1. The van der Waals surface area contributed by atoms with Gasteiger partial charge >= 0.3 is 5.69 Å². The first kappa shape index (κ1) is 18.1. The van der Waals surface area contributed by atoms with Crippen molar-refractivity contribution in [2.24, 2.45) is 5.10 Å². The summed E-state index contributed by atoms with van der Waals surface area (Å²) in [6.07, 6.45) is 1.57. The van der Waals surface area contributed by atoms with Crippen molar-refractivity contribution in [3.8, 4) is 5.75 Å². The van der Waals surface area contributed by atoms with Crippen molar-refractivity contribution in [3.05, 3.63) is 68.8 Å². The molecule has 1 amide bonds. The highest BCUT2D eigenvalue weighted by molar-refractivity contribution is 5.84. The van der Waals surface area contributed by atoms with E-state index in [1.54, 1.807) is 6.07 Å². The van der Waals surface area contributed by atoms with Gasteiger partial charge in [-0.1, -0.05) is 23.8 Å².